The molecule has 23 heavy (non-hydrogen) atoms. The minimum atomic E-state index is -0.303. The van der Waals surface area contributed by atoms with Crippen LogP contribution in [-0.2, 0) is 15.9 Å². The Hall–Kier alpha value is -2.10. The van der Waals surface area contributed by atoms with Crippen LogP contribution in [0.15, 0.2) is 61.2 Å². The molecule has 0 fully saturated rings. The van der Waals surface area contributed by atoms with Gasteiger partial charge in [0.2, 0.25) is 0 Å². The van der Waals surface area contributed by atoms with E-state index >= 15 is 0 Å². The van der Waals surface area contributed by atoms with Gasteiger partial charge in [0.1, 0.15) is 5.75 Å². The van der Waals surface area contributed by atoms with Gasteiger partial charge in [0.25, 0.3) is 0 Å². The van der Waals surface area contributed by atoms with Gasteiger partial charge in [-0.2, -0.15) is 0 Å². The van der Waals surface area contributed by atoms with E-state index in [2.05, 4.69) is 18.7 Å². The first kappa shape index (κ1) is 17.3. The van der Waals surface area contributed by atoms with Crippen molar-refractivity contribution in [2.45, 2.75) is 19.6 Å². The van der Waals surface area contributed by atoms with Gasteiger partial charge >= 0.3 is 0 Å². The summed E-state index contributed by atoms with van der Waals surface area (Å²) in [6.07, 6.45) is 2.42. The largest absolute Gasteiger partial charge is 0.465 e. The molecule has 0 aromatic heterocycles. The molecule has 0 saturated carbocycles. The van der Waals surface area contributed by atoms with Gasteiger partial charge in [-0.1, -0.05) is 55.1 Å². The summed E-state index contributed by atoms with van der Waals surface area (Å²) in [5.41, 5.74) is 2.35. The molecule has 0 radical (unpaired) electrons. The first-order valence-corrected chi connectivity index (χ1v) is 7.90. The van der Waals surface area contributed by atoms with Gasteiger partial charge in [0, 0.05) is 0 Å². The van der Waals surface area contributed by atoms with Gasteiger partial charge in [-0.25, -0.2) is 0 Å². The molecule has 0 N–H and O–H groups in total. The van der Waals surface area contributed by atoms with E-state index in [4.69, 9.17) is 14.2 Å². The average molecular weight is 312 g/mol. The fourth-order valence-electron chi connectivity index (χ4n) is 2.12. The second-order valence-corrected chi connectivity index (χ2v) is 5.18. The van der Waals surface area contributed by atoms with Crippen molar-refractivity contribution in [1.29, 1.82) is 0 Å². The number of ether oxygens (including phenoxy) is 3. The molecule has 0 bridgehead atoms. The lowest BCUT2D eigenvalue weighted by atomic mass is 10.2. The molecule has 0 aliphatic heterocycles. The zero-order valence-electron chi connectivity index (χ0n) is 13.6. The molecule has 2 aromatic rings. The Morgan fingerprint density at radius 2 is 1.70 bits per heavy atom. The second kappa shape index (κ2) is 9.82. The van der Waals surface area contributed by atoms with Crippen LogP contribution >= 0.6 is 0 Å². The summed E-state index contributed by atoms with van der Waals surface area (Å²) in [6.45, 7) is 7.39. The maximum absolute atomic E-state index is 5.68. The maximum atomic E-state index is 5.68. The van der Waals surface area contributed by atoms with Crippen molar-refractivity contribution in [2.75, 3.05) is 19.8 Å². The van der Waals surface area contributed by atoms with Gasteiger partial charge < -0.3 is 14.2 Å². The van der Waals surface area contributed by atoms with Gasteiger partial charge in [-0.15, -0.1) is 0 Å². The normalized spacial score (nSPS) is 11.9. The van der Waals surface area contributed by atoms with Gasteiger partial charge in [0.05, 0.1) is 19.8 Å². The minimum absolute atomic E-state index is 0.303. The quantitative estimate of drug-likeness (QED) is 0.483. The van der Waals surface area contributed by atoms with Crippen molar-refractivity contribution in [3.05, 3.63) is 72.3 Å². The van der Waals surface area contributed by atoms with Crippen LogP contribution in [0.25, 0.3) is 6.08 Å². The van der Waals surface area contributed by atoms with Crippen molar-refractivity contribution in [1.82, 2.24) is 0 Å². The molecule has 2 rings (SSSR count). The number of rotatable bonds is 10. The summed E-state index contributed by atoms with van der Waals surface area (Å²) >= 11 is 0. The summed E-state index contributed by atoms with van der Waals surface area (Å²) in [6, 6.07) is 18.0. The lowest BCUT2D eigenvalue weighted by molar-refractivity contribution is -0.0831. The number of hydrogen-bond acceptors (Lipinski definition) is 3. The molecule has 1 unspecified atom stereocenters. The smallest absolute Gasteiger partial charge is 0.197 e. The highest BCUT2D eigenvalue weighted by Gasteiger charge is 2.03. The van der Waals surface area contributed by atoms with Crippen LogP contribution in [0.1, 0.15) is 18.1 Å². The predicted octanol–water partition coefficient (Wildman–Crippen LogP) is 4.33. The standard InChI is InChI=1S/C20H24O3/c1-3-18-9-11-20(12-10-18)23-17(2)22-16-15-21-14-13-19-7-5-4-6-8-19/h3-12,17H,1,13-16H2,2H3. The van der Waals surface area contributed by atoms with E-state index in [-0.39, 0.29) is 6.29 Å². The molecule has 1 atom stereocenters. The maximum Gasteiger partial charge on any atom is 0.197 e. The zero-order chi connectivity index (χ0) is 16.3. The summed E-state index contributed by atoms with van der Waals surface area (Å²) in [4.78, 5) is 0. The fraction of sp³-hybridized carbons (Fsp3) is 0.300. The van der Waals surface area contributed by atoms with E-state index in [9.17, 15) is 0 Å². The van der Waals surface area contributed by atoms with E-state index in [1.807, 2.05) is 49.4 Å². The van der Waals surface area contributed by atoms with Crippen molar-refractivity contribution >= 4 is 6.08 Å². The molecular weight excluding hydrogens is 288 g/mol. The highest BCUT2D eigenvalue weighted by Crippen LogP contribution is 2.14. The molecule has 0 saturated heterocycles. The Balaban J connectivity index is 1.55. The van der Waals surface area contributed by atoms with Gasteiger partial charge in [-0.3, -0.25) is 0 Å². The van der Waals surface area contributed by atoms with Crippen LogP contribution in [-0.4, -0.2) is 26.1 Å². The third-order valence-electron chi connectivity index (χ3n) is 3.38. The summed E-state index contributed by atoms with van der Waals surface area (Å²) in [5, 5.41) is 0. The van der Waals surface area contributed by atoms with E-state index < -0.39 is 0 Å². The molecule has 0 amide bonds. The molecule has 0 aliphatic rings. The van der Waals surface area contributed by atoms with Crippen molar-refractivity contribution in [3.8, 4) is 5.75 Å². The van der Waals surface area contributed by atoms with E-state index in [1.165, 1.54) is 5.56 Å². The minimum Gasteiger partial charge on any atom is -0.465 e. The average Bonchev–Trinajstić information content (AvgIpc) is 2.59. The molecule has 0 spiro atoms. The second-order valence-electron chi connectivity index (χ2n) is 5.18. The van der Waals surface area contributed by atoms with Crippen LogP contribution in [0, 0.1) is 0 Å². The van der Waals surface area contributed by atoms with Crippen LogP contribution < -0.4 is 4.74 Å². The van der Waals surface area contributed by atoms with Gasteiger partial charge in [0.15, 0.2) is 6.29 Å². The van der Waals surface area contributed by atoms with Crippen molar-refractivity contribution in [2.24, 2.45) is 0 Å². The lowest BCUT2D eigenvalue weighted by Crippen LogP contribution is -2.19. The number of benzene rings is 2. The Morgan fingerprint density at radius 1 is 0.957 bits per heavy atom. The van der Waals surface area contributed by atoms with Crippen molar-refractivity contribution < 1.29 is 14.2 Å². The van der Waals surface area contributed by atoms with E-state index in [0.29, 0.717) is 19.8 Å². The molecular formula is C20H24O3. The van der Waals surface area contributed by atoms with Gasteiger partial charge in [-0.05, 0) is 36.6 Å². The highest BCUT2D eigenvalue weighted by atomic mass is 16.7. The van der Waals surface area contributed by atoms with Crippen LogP contribution in [0.5, 0.6) is 5.75 Å². The Morgan fingerprint density at radius 3 is 2.39 bits per heavy atom. The zero-order valence-corrected chi connectivity index (χ0v) is 13.6. The van der Waals surface area contributed by atoms with Crippen LogP contribution in [0.4, 0.5) is 0 Å². The monoisotopic (exact) mass is 312 g/mol. The molecule has 0 aliphatic carbocycles. The first-order valence-electron chi connectivity index (χ1n) is 7.90. The molecule has 0 heterocycles. The van der Waals surface area contributed by atoms with Crippen LogP contribution in [0.3, 0.4) is 0 Å². The molecule has 122 valence electrons. The highest BCUT2D eigenvalue weighted by molar-refractivity contribution is 5.48. The topological polar surface area (TPSA) is 27.7 Å². The molecule has 3 heteroatoms. The van der Waals surface area contributed by atoms with Crippen LogP contribution in [0.2, 0.25) is 0 Å². The Kier molecular flexibility index (Phi) is 7.37. The fourth-order valence-corrected chi connectivity index (χ4v) is 2.12. The first-order chi connectivity index (χ1) is 11.3. The predicted molar refractivity (Wildman–Crippen MR) is 93.5 cm³/mol. The third-order valence-corrected chi connectivity index (χ3v) is 3.38. The number of hydrogen-bond donors (Lipinski definition) is 0. The summed E-state index contributed by atoms with van der Waals surface area (Å²) in [7, 11) is 0. The Labute approximate surface area is 138 Å². The van der Waals surface area contributed by atoms with E-state index in [0.717, 1.165) is 17.7 Å². The SMILES string of the molecule is C=Cc1ccc(OC(C)OCCOCCc2ccccc2)cc1. The van der Waals surface area contributed by atoms with E-state index in [1.54, 1.807) is 6.08 Å². The summed E-state index contributed by atoms with van der Waals surface area (Å²) < 4.78 is 16.8. The lowest BCUT2D eigenvalue weighted by Gasteiger charge is -2.15. The van der Waals surface area contributed by atoms with Crippen molar-refractivity contribution in [3.63, 3.8) is 0 Å². The molecule has 2 aromatic carbocycles. The summed E-state index contributed by atoms with van der Waals surface area (Å²) in [5.74, 6) is 0.785. The molecule has 3 nitrogen and oxygen atoms in total. The Bertz CT molecular complexity index is 563. The third kappa shape index (κ3) is 6.68.